The molecule has 0 saturated carbocycles. The van der Waals surface area contributed by atoms with E-state index in [1.165, 1.54) is 0 Å². The summed E-state index contributed by atoms with van der Waals surface area (Å²) in [7, 11) is -4.09. The molecule has 28 heavy (non-hydrogen) atoms. The zero-order chi connectivity index (χ0) is 20.9. The summed E-state index contributed by atoms with van der Waals surface area (Å²) in [5, 5.41) is 3.11. The zero-order valence-electron chi connectivity index (χ0n) is 14.5. The molecule has 0 aliphatic carbocycles. The van der Waals surface area contributed by atoms with E-state index in [-0.39, 0.29) is 4.90 Å². The molecule has 152 valence electrons. The van der Waals surface area contributed by atoms with Gasteiger partial charge in [0.15, 0.2) is 0 Å². The smallest absolute Gasteiger partial charge is 0.406 e. The number of ether oxygens (including phenoxy) is 1. The average molecular weight is 437 g/mol. The van der Waals surface area contributed by atoms with Gasteiger partial charge in [-0.15, -0.1) is 13.2 Å². The Balaban J connectivity index is 1.94. The Hall–Kier alpha value is -2.30. The third-order valence-corrected chi connectivity index (χ3v) is 5.17. The molecule has 0 heterocycles. The van der Waals surface area contributed by atoms with Crippen LogP contribution in [0.5, 0.6) is 5.75 Å². The highest BCUT2D eigenvalue weighted by atomic mass is 35.5. The number of nitrogens with one attached hydrogen (secondary N) is 2. The SMILES string of the molecule is CC(NC(=O)CNS(=O)(=O)c1ccc(OC(F)(F)F)cc1)c1cccc(Cl)c1. The molecule has 0 fully saturated rings. The first-order valence-corrected chi connectivity index (χ1v) is 9.73. The number of rotatable bonds is 7. The van der Waals surface area contributed by atoms with Crippen LogP contribution in [-0.2, 0) is 14.8 Å². The van der Waals surface area contributed by atoms with Crippen LogP contribution in [0.25, 0.3) is 0 Å². The van der Waals surface area contributed by atoms with E-state index in [0.717, 1.165) is 29.8 Å². The van der Waals surface area contributed by atoms with E-state index in [1.807, 2.05) is 0 Å². The summed E-state index contributed by atoms with van der Waals surface area (Å²) < 4.78 is 66.5. The molecule has 6 nitrogen and oxygen atoms in total. The number of benzene rings is 2. The number of hydrogen-bond donors (Lipinski definition) is 2. The van der Waals surface area contributed by atoms with Gasteiger partial charge in [-0.1, -0.05) is 23.7 Å². The number of halogens is 4. The summed E-state index contributed by atoms with van der Waals surface area (Å²) >= 11 is 5.89. The lowest BCUT2D eigenvalue weighted by Crippen LogP contribution is -2.38. The monoisotopic (exact) mass is 436 g/mol. The van der Waals surface area contributed by atoms with Crippen molar-refractivity contribution in [1.82, 2.24) is 10.0 Å². The molecule has 1 atom stereocenters. The molecule has 0 radical (unpaired) electrons. The zero-order valence-corrected chi connectivity index (χ0v) is 16.0. The maximum Gasteiger partial charge on any atom is 0.573 e. The molecular weight excluding hydrogens is 421 g/mol. The van der Waals surface area contributed by atoms with Gasteiger partial charge in [0.05, 0.1) is 17.5 Å². The van der Waals surface area contributed by atoms with Crippen LogP contribution in [-0.4, -0.2) is 27.2 Å². The molecule has 0 saturated heterocycles. The Morgan fingerprint density at radius 3 is 2.39 bits per heavy atom. The van der Waals surface area contributed by atoms with Crippen LogP contribution in [0.1, 0.15) is 18.5 Å². The fourth-order valence-corrected chi connectivity index (χ4v) is 3.40. The molecule has 11 heteroatoms. The minimum Gasteiger partial charge on any atom is -0.406 e. The predicted octanol–water partition coefficient (Wildman–Crippen LogP) is 3.39. The minimum absolute atomic E-state index is 0.308. The third kappa shape index (κ3) is 6.70. The van der Waals surface area contributed by atoms with Gasteiger partial charge >= 0.3 is 6.36 Å². The van der Waals surface area contributed by atoms with Crippen molar-refractivity contribution in [3.63, 3.8) is 0 Å². The molecule has 2 N–H and O–H groups in total. The van der Waals surface area contributed by atoms with Crippen LogP contribution >= 0.6 is 11.6 Å². The van der Waals surface area contributed by atoms with Crippen molar-refractivity contribution < 1.29 is 31.1 Å². The number of sulfonamides is 1. The summed E-state index contributed by atoms with van der Waals surface area (Å²) in [6, 6.07) is 10.0. The van der Waals surface area contributed by atoms with Crippen LogP contribution < -0.4 is 14.8 Å². The maximum absolute atomic E-state index is 12.2. The minimum atomic E-state index is -4.88. The van der Waals surface area contributed by atoms with Gasteiger partial charge < -0.3 is 10.1 Å². The molecule has 1 unspecified atom stereocenters. The summed E-state index contributed by atoms with van der Waals surface area (Å²) in [4.78, 5) is 11.7. The molecule has 0 aliphatic heterocycles. The van der Waals surface area contributed by atoms with Gasteiger partial charge in [-0.05, 0) is 48.9 Å². The van der Waals surface area contributed by atoms with E-state index >= 15 is 0 Å². The standard InChI is InChI=1S/C17H16ClF3N2O4S/c1-11(12-3-2-4-13(18)9-12)23-16(24)10-22-28(25,26)15-7-5-14(6-8-15)27-17(19,20)21/h2-9,11,22H,10H2,1H3,(H,23,24). The molecule has 2 aromatic carbocycles. The van der Waals surface area contributed by atoms with E-state index in [1.54, 1.807) is 31.2 Å². The van der Waals surface area contributed by atoms with Gasteiger partial charge in [-0.3, -0.25) is 4.79 Å². The third-order valence-electron chi connectivity index (χ3n) is 3.52. The van der Waals surface area contributed by atoms with E-state index in [0.29, 0.717) is 5.02 Å². The van der Waals surface area contributed by atoms with Crippen LogP contribution in [0.2, 0.25) is 5.02 Å². The van der Waals surface area contributed by atoms with Crippen molar-refractivity contribution in [3.8, 4) is 5.75 Å². The first-order chi connectivity index (χ1) is 13.0. The van der Waals surface area contributed by atoms with Crippen molar-refractivity contribution in [2.45, 2.75) is 24.2 Å². The van der Waals surface area contributed by atoms with E-state index in [2.05, 4.69) is 14.8 Å². The Morgan fingerprint density at radius 2 is 1.82 bits per heavy atom. The lowest BCUT2D eigenvalue weighted by Gasteiger charge is -2.15. The predicted molar refractivity (Wildman–Crippen MR) is 96.3 cm³/mol. The number of alkyl halides is 3. The van der Waals surface area contributed by atoms with Crippen molar-refractivity contribution in [1.29, 1.82) is 0 Å². The molecule has 2 aromatic rings. The lowest BCUT2D eigenvalue weighted by molar-refractivity contribution is -0.274. The number of carbonyl (C=O) groups excluding carboxylic acids is 1. The van der Waals surface area contributed by atoms with Gasteiger partial charge in [-0.2, -0.15) is 0 Å². The van der Waals surface area contributed by atoms with Crippen LogP contribution in [0.4, 0.5) is 13.2 Å². The van der Waals surface area contributed by atoms with Crippen molar-refractivity contribution >= 4 is 27.5 Å². The molecule has 1 amide bonds. The second-order valence-corrected chi connectivity index (χ2v) is 7.89. The van der Waals surface area contributed by atoms with E-state index in [9.17, 15) is 26.4 Å². The van der Waals surface area contributed by atoms with Gasteiger partial charge in [0, 0.05) is 5.02 Å². The molecular formula is C17H16ClF3N2O4S. The van der Waals surface area contributed by atoms with Gasteiger partial charge in [0.25, 0.3) is 0 Å². The van der Waals surface area contributed by atoms with Crippen LogP contribution in [0.3, 0.4) is 0 Å². The molecule has 0 aliphatic rings. The van der Waals surface area contributed by atoms with Crippen LogP contribution in [0, 0.1) is 0 Å². The topological polar surface area (TPSA) is 84.5 Å². The molecule has 0 aromatic heterocycles. The van der Waals surface area contributed by atoms with Gasteiger partial charge in [0.2, 0.25) is 15.9 Å². The Labute approximate surface area is 164 Å². The molecule has 2 rings (SSSR count). The summed E-state index contributed by atoms with van der Waals surface area (Å²) in [5.74, 6) is -1.15. The number of amides is 1. The first kappa shape index (κ1) is 22.0. The van der Waals surface area contributed by atoms with Crippen molar-refractivity contribution in [2.75, 3.05) is 6.54 Å². The highest BCUT2D eigenvalue weighted by molar-refractivity contribution is 7.89. The normalized spacial score (nSPS) is 13.0. The van der Waals surface area contributed by atoms with E-state index < -0.39 is 40.6 Å². The van der Waals surface area contributed by atoms with Crippen molar-refractivity contribution in [3.05, 3.63) is 59.1 Å². The highest BCUT2D eigenvalue weighted by Gasteiger charge is 2.31. The second-order valence-electron chi connectivity index (χ2n) is 5.69. The quantitative estimate of drug-likeness (QED) is 0.696. The van der Waals surface area contributed by atoms with Crippen LogP contribution in [0.15, 0.2) is 53.4 Å². The lowest BCUT2D eigenvalue weighted by atomic mass is 10.1. The van der Waals surface area contributed by atoms with Gasteiger partial charge in [0.1, 0.15) is 5.75 Å². The number of hydrogen-bond acceptors (Lipinski definition) is 4. The van der Waals surface area contributed by atoms with Gasteiger partial charge in [-0.25, -0.2) is 13.1 Å². The summed E-state index contributed by atoms with van der Waals surface area (Å²) in [6.07, 6.45) is -4.88. The summed E-state index contributed by atoms with van der Waals surface area (Å²) in [5.41, 5.74) is 0.740. The molecule has 0 bridgehead atoms. The highest BCUT2D eigenvalue weighted by Crippen LogP contribution is 2.23. The second kappa shape index (κ2) is 8.80. The fourth-order valence-electron chi connectivity index (χ4n) is 2.22. The Kier molecular flexibility index (Phi) is 6.91. The number of carbonyl (C=O) groups is 1. The molecule has 0 spiro atoms. The Morgan fingerprint density at radius 1 is 1.18 bits per heavy atom. The summed E-state index contributed by atoms with van der Waals surface area (Å²) in [6.45, 7) is 1.16. The van der Waals surface area contributed by atoms with E-state index in [4.69, 9.17) is 11.6 Å². The van der Waals surface area contributed by atoms with Crippen molar-refractivity contribution in [2.24, 2.45) is 0 Å². The Bertz CT molecular complexity index is 934. The largest absolute Gasteiger partial charge is 0.573 e. The fraction of sp³-hybridized carbons (Fsp3) is 0.235. The average Bonchev–Trinajstić information content (AvgIpc) is 2.59. The maximum atomic E-state index is 12.2. The first-order valence-electron chi connectivity index (χ1n) is 7.86.